The molecule has 19 heavy (non-hydrogen) atoms. The number of rotatable bonds is 6. The average Bonchev–Trinajstić information content (AvgIpc) is 2.30. The maximum Gasteiger partial charge on any atom is 0.248 e. The van der Waals surface area contributed by atoms with Gasteiger partial charge >= 0.3 is 0 Å². The highest BCUT2D eigenvalue weighted by Gasteiger charge is 2.13. The molecule has 1 unspecified atom stereocenters. The van der Waals surface area contributed by atoms with E-state index in [1.807, 2.05) is 6.07 Å². The zero-order chi connectivity index (χ0) is 14.6. The van der Waals surface area contributed by atoms with E-state index in [-0.39, 0.29) is 0 Å². The highest BCUT2D eigenvalue weighted by atomic mass is 16.1. The first-order valence-electron chi connectivity index (χ1n) is 6.69. The van der Waals surface area contributed by atoms with Gasteiger partial charge in [0.05, 0.1) is 0 Å². The van der Waals surface area contributed by atoms with Crippen LogP contribution in [0.5, 0.6) is 0 Å². The number of carbonyl (C=O) groups excluding carboxylic acids is 1. The van der Waals surface area contributed by atoms with Gasteiger partial charge in [0.2, 0.25) is 5.91 Å². The van der Waals surface area contributed by atoms with Gasteiger partial charge in [-0.25, -0.2) is 0 Å². The minimum absolute atomic E-state index is 0.445. The van der Waals surface area contributed by atoms with Gasteiger partial charge in [0.25, 0.3) is 0 Å². The first-order chi connectivity index (χ1) is 8.81. The number of anilines is 1. The monoisotopic (exact) mass is 263 g/mol. The third kappa shape index (κ3) is 4.56. The van der Waals surface area contributed by atoms with Crippen LogP contribution in [0.3, 0.4) is 0 Å². The van der Waals surface area contributed by atoms with Gasteiger partial charge in [-0.1, -0.05) is 19.9 Å². The van der Waals surface area contributed by atoms with Crippen LogP contribution >= 0.6 is 0 Å². The molecule has 0 saturated heterocycles. The Kier molecular flexibility index (Phi) is 5.36. The minimum Gasteiger partial charge on any atom is -0.398 e. The van der Waals surface area contributed by atoms with Gasteiger partial charge in [0, 0.05) is 23.8 Å². The Bertz CT molecular complexity index is 443. The highest BCUT2D eigenvalue weighted by molar-refractivity contribution is 5.93. The number of benzene rings is 1. The topological polar surface area (TPSA) is 72.3 Å². The number of nitrogen functional groups attached to an aromatic ring is 1. The van der Waals surface area contributed by atoms with Crippen LogP contribution in [0.4, 0.5) is 5.69 Å². The first kappa shape index (κ1) is 15.5. The number of hydrogen-bond acceptors (Lipinski definition) is 3. The molecule has 0 heterocycles. The Balaban J connectivity index is 2.74. The Labute approximate surface area is 115 Å². The van der Waals surface area contributed by atoms with Crippen LogP contribution < -0.4 is 11.5 Å². The molecule has 0 aliphatic rings. The smallest absolute Gasteiger partial charge is 0.248 e. The molecule has 0 aliphatic heterocycles. The van der Waals surface area contributed by atoms with Gasteiger partial charge in [-0.3, -0.25) is 9.69 Å². The molecule has 1 amide bonds. The molecule has 0 spiro atoms. The summed E-state index contributed by atoms with van der Waals surface area (Å²) in [6.07, 6.45) is 1.15. The van der Waals surface area contributed by atoms with Crippen LogP contribution in [0.15, 0.2) is 18.2 Å². The van der Waals surface area contributed by atoms with Crippen molar-refractivity contribution in [3.05, 3.63) is 29.3 Å². The van der Waals surface area contributed by atoms with E-state index in [0.29, 0.717) is 23.2 Å². The van der Waals surface area contributed by atoms with Gasteiger partial charge in [0.1, 0.15) is 0 Å². The van der Waals surface area contributed by atoms with Crippen molar-refractivity contribution in [2.45, 2.75) is 39.8 Å². The van der Waals surface area contributed by atoms with Crippen molar-refractivity contribution >= 4 is 11.6 Å². The van der Waals surface area contributed by atoms with Crippen LogP contribution in [0.1, 0.15) is 43.1 Å². The van der Waals surface area contributed by atoms with Crippen molar-refractivity contribution in [1.29, 1.82) is 0 Å². The van der Waals surface area contributed by atoms with Crippen molar-refractivity contribution < 1.29 is 4.79 Å². The van der Waals surface area contributed by atoms with Crippen LogP contribution in [-0.2, 0) is 6.54 Å². The molecule has 4 N–H and O–H groups in total. The summed E-state index contributed by atoms with van der Waals surface area (Å²) in [5.41, 5.74) is 13.3. The molecule has 1 atom stereocenters. The van der Waals surface area contributed by atoms with Crippen LogP contribution in [-0.4, -0.2) is 23.9 Å². The molecular formula is C15H25N3O. The molecule has 0 aliphatic carbocycles. The summed E-state index contributed by atoms with van der Waals surface area (Å²) >= 11 is 0. The Morgan fingerprint density at radius 1 is 1.32 bits per heavy atom. The summed E-state index contributed by atoms with van der Waals surface area (Å²) < 4.78 is 0. The zero-order valence-electron chi connectivity index (χ0n) is 12.3. The van der Waals surface area contributed by atoms with Gasteiger partial charge < -0.3 is 11.5 Å². The zero-order valence-corrected chi connectivity index (χ0v) is 12.3. The van der Waals surface area contributed by atoms with Gasteiger partial charge in [-0.2, -0.15) is 0 Å². The van der Waals surface area contributed by atoms with E-state index in [0.717, 1.165) is 18.5 Å². The predicted octanol–water partition coefficient (Wildman–Crippen LogP) is 2.23. The van der Waals surface area contributed by atoms with E-state index < -0.39 is 5.91 Å². The summed E-state index contributed by atoms with van der Waals surface area (Å²) in [5, 5.41) is 0. The summed E-state index contributed by atoms with van der Waals surface area (Å²) in [5.74, 6) is 0.229. The second-order valence-corrected chi connectivity index (χ2v) is 5.67. The summed E-state index contributed by atoms with van der Waals surface area (Å²) in [6.45, 7) is 7.44. The Morgan fingerprint density at radius 3 is 2.42 bits per heavy atom. The standard InChI is InChI=1S/C15H25N3O/c1-10(2)7-11(3)18(4)9-13-6-5-12(15(17)19)8-14(13)16/h5-6,8,10-11H,7,9,16H2,1-4H3,(H2,17,19). The Hall–Kier alpha value is -1.55. The van der Waals surface area contributed by atoms with Crippen molar-refractivity contribution in [2.24, 2.45) is 11.7 Å². The fourth-order valence-corrected chi connectivity index (χ4v) is 2.18. The lowest BCUT2D eigenvalue weighted by Crippen LogP contribution is -2.30. The third-order valence-corrected chi connectivity index (χ3v) is 3.42. The van der Waals surface area contributed by atoms with E-state index in [9.17, 15) is 4.79 Å². The third-order valence-electron chi connectivity index (χ3n) is 3.42. The van der Waals surface area contributed by atoms with E-state index in [4.69, 9.17) is 11.5 Å². The van der Waals surface area contributed by atoms with Crippen molar-refractivity contribution in [3.8, 4) is 0 Å². The molecule has 4 heteroatoms. The molecule has 0 bridgehead atoms. The summed E-state index contributed by atoms with van der Waals surface area (Å²) in [7, 11) is 2.09. The quantitative estimate of drug-likeness (QED) is 0.773. The number of nitrogens with zero attached hydrogens (tertiary/aromatic N) is 1. The number of amides is 1. The van der Waals surface area contributed by atoms with Crippen LogP contribution in [0.25, 0.3) is 0 Å². The van der Waals surface area contributed by atoms with E-state index in [1.54, 1.807) is 12.1 Å². The summed E-state index contributed by atoms with van der Waals surface area (Å²) in [6, 6.07) is 5.76. The molecule has 106 valence electrons. The molecule has 1 aromatic rings. The normalized spacial score (nSPS) is 12.9. The minimum atomic E-state index is -0.445. The molecule has 4 nitrogen and oxygen atoms in total. The van der Waals surface area contributed by atoms with Crippen molar-refractivity contribution in [2.75, 3.05) is 12.8 Å². The maximum absolute atomic E-state index is 11.1. The largest absolute Gasteiger partial charge is 0.398 e. The lowest BCUT2D eigenvalue weighted by molar-refractivity contribution is 0.100. The molecule has 0 aromatic heterocycles. The van der Waals surface area contributed by atoms with E-state index in [1.165, 1.54) is 0 Å². The van der Waals surface area contributed by atoms with E-state index in [2.05, 4.69) is 32.7 Å². The second kappa shape index (κ2) is 6.57. The number of nitrogens with two attached hydrogens (primary N) is 2. The molecule has 0 radical (unpaired) electrons. The number of hydrogen-bond donors (Lipinski definition) is 2. The van der Waals surface area contributed by atoms with Crippen LogP contribution in [0.2, 0.25) is 0 Å². The maximum atomic E-state index is 11.1. The first-order valence-corrected chi connectivity index (χ1v) is 6.69. The molecule has 0 saturated carbocycles. The SMILES string of the molecule is CC(C)CC(C)N(C)Cc1ccc(C(N)=O)cc1N. The fraction of sp³-hybridized carbons (Fsp3) is 0.533. The fourth-order valence-electron chi connectivity index (χ4n) is 2.18. The molecular weight excluding hydrogens is 238 g/mol. The summed E-state index contributed by atoms with van der Waals surface area (Å²) in [4.78, 5) is 13.3. The number of primary amides is 1. The molecule has 1 aromatic carbocycles. The van der Waals surface area contributed by atoms with Crippen molar-refractivity contribution in [1.82, 2.24) is 4.90 Å². The van der Waals surface area contributed by atoms with Gasteiger partial charge in [-0.15, -0.1) is 0 Å². The molecule has 0 fully saturated rings. The lowest BCUT2D eigenvalue weighted by atomic mass is 10.0. The second-order valence-electron chi connectivity index (χ2n) is 5.67. The highest BCUT2D eigenvalue weighted by Crippen LogP contribution is 2.18. The molecule has 1 rings (SSSR count). The van der Waals surface area contributed by atoms with Crippen molar-refractivity contribution in [3.63, 3.8) is 0 Å². The average molecular weight is 263 g/mol. The van der Waals surface area contributed by atoms with Gasteiger partial charge in [-0.05, 0) is 44.0 Å². The Morgan fingerprint density at radius 2 is 1.95 bits per heavy atom. The predicted molar refractivity (Wildman–Crippen MR) is 79.8 cm³/mol. The number of carbonyl (C=O) groups is 1. The van der Waals surface area contributed by atoms with Crippen LogP contribution in [0, 0.1) is 5.92 Å². The lowest BCUT2D eigenvalue weighted by Gasteiger charge is -2.26. The van der Waals surface area contributed by atoms with Gasteiger partial charge in [0.15, 0.2) is 0 Å². The van der Waals surface area contributed by atoms with E-state index >= 15 is 0 Å².